The summed E-state index contributed by atoms with van der Waals surface area (Å²) in [7, 11) is 0. The van der Waals surface area contributed by atoms with E-state index in [0.29, 0.717) is 18.9 Å². The van der Waals surface area contributed by atoms with E-state index >= 15 is 0 Å². The first-order valence-corrected chi connectivity index (χ1v) is 5.50. The molecule has 0 saturated carbocycles. The Labute approximate surface area is 87.0 Å². The number of hydrogen-bond donors (Lipinski definition) is 1. The average molecular weight is 201 g/mol. The van der Waals surface area contributed by atoms with Crippen molar-refractivity contribution in [2.75, 3.05) is 6.61 Å². The second kappa shape index (κ2) is 7.80. The van der Waals surface area contributed by atoms with Gasteiger partial charge in [-0.15, -0.1) is 0 Å². The summed E-state index contributed by atoms with van der Waals surface area (Å²) in [5.74, 6) is 0.183. The minimum Gasteiger partial charge on any atom is -0.465 e. The van der Waals surface area contributed by atoms with Crippen molar-refractivity contribution in [3.63, 3.8) is 0 Å². The van der Waals surface area contributed by atoms with Crippen LogP contribution in [0.3, 0.4) is 0 Å². The summed E-state index contributed by atoms with van der Waals surface area (Å²) in [6, 6.07) is -0.448. The molecule has 0 saturated heterocycles. The summed E-state index contributed by atoms with van der Waals surface area (Å²) < 4.78 is 5.04. The van der Waals surface area contributed by atoms with Gasteiger partial charge in [0.2, 0.25) is 0 Å². The Morgan fingerprint density at radius 1 is 1.36 bits per heavy atom. The Kier molecular flexibility index (Phi) is 7.48. The third-order valence-electron chi connectivity index (χ3n) is 2.02. The van der Waals surface area contributed by atoms with Gasteiger partial charge in [-0.3, -0.25) is 4.79 Å². The predicted octanol–water partition coefficient (Wildman–Crippen LogP) is 2.09. The van der Waals surface area contributed by atoms with Crippen molar-refractivity contribution in [1.82, 2.24) is 0 Å². The van der Waals surface area contributed by atoms with Gasteiger partial charge in [0.05, 0.1) is 6.61 Å². The standard InChI is InChI=1S/C11H23NO2/c1-4-5-6-7-14-11(13)10(12)8-9(2)3/h9-10H,4-8,12H2,1-3H3/t10-/m1/s1. The molecule has 0 aliphatic carbocycles. The van der Waals surface area contributed by atoms with Crippen molar-refractivity contribution in [3.8, 4) is 0 Å². The quantitative estimate of drug-likeness (QED) is 0.507. The lowest BCUT2D eigenvalue weighted by atomic mass is 10.1. The third kappa shape index (κ3) is 6.89. The molecule has 0 unspecified atom stereocenters. The van der Waals surface area contributed by atoms with E-state index in [9.17, 15) is 4.79 Å². The normalized spacial score (nSPS) is 12.9. The molecule has 0 spiro atoms. The Hall–Kier alpha value is -0.570. The van der Waals surface area contributed by atoms with Crippen molar-refractivity contribution >= 4 is 5.97 Å². The minimum atomic E-state index is -0.448. The number of hydrogen-bond acceptors (Lipinski definition) is 3. The van der Waals surface area contributed by atoms with Gasteiger partial charge in [0.15, 0.2) is 0 Å². The number of carbonyl (C=O) groups excluding carboxylic acids is 1. The van der Waals surface area contributed by atoms with Crippen LogP contribution in [0, 0.1) is 5.92 Å². The smallest absolute Gasteiger partial charge is 0.322 e. The second-order valence-electron chi connectivity index (χ2n) is 4.11. The van der Waals surface area contributed by atoms with E-state index in [-0.39, 0.29) is 5.97 Å². The van der Waals surface area contributed by atoms with E-state index in [0.717, 1.165) is 19.3 Å². The fourth-order valence-electron chi connectivity index (χ4n) is 1.24. The molecule has 0 radical (unpaired) electrons. The van der Waals surface area contributed by atoms with Crippen molar-refractivity contribution < 1.29 is 9.53 Å². The zero-order valence-corrected chi connectivity index (χ0v) is 9.58. The molecule has 0 aliphatic heterocycles. The Morgan fingerprint density at radius 3 is 2.50 bits per heavy atom. The van der Waals surface area contributed by atoms with Crippen molar-refractivity contribution in [3.05, 3.63) is 0 Å². The number of ether oxygens (including phenoxy) is 1. The Balaban J connectivity index is 3.52. The molecule has 2 N–H and O–H groups in total. The van der Waals surface area contributed by atoms with E-state index in [1.165, 1.54) is 0 Å². The molecule has 3 nitrogen and oxygen atoms in total. The van der Waals surface area contributed by atoms with Crippen molar-refractivity contribution in [2.24, 2.45) is 11.7 Å². The van der Waals surface area contributed by atoms with Crippen LogP contribution in [0.1, 0.15) is 46.5 Å². The highest BCUT2D eigenvalue weighted by molar-refractivity contribution is 5.75. The van der Waals surface area contributed by atoms with Crippen LogP contribution < -0.4 is 5.73 Å². The summed E-state index contributed by atoms with van der Waals surface area (Å²) in [5, 5.41) is 0. The molecule has 0 aliphatic rings. The molecule has 0 fully saturated rings. The van der Waals surface area contributed by atoms with Gasteiger partial charge in [-0.1, -0.05) is 33.6 Å². The van der Waals surface area contributed by atoms with Crippen LogP contribution in [0.2, 0.25) is 0 Å². The monoisotopic (exact) mass is 201 g/mol. The molecule has 0 aromatic carbocycles. The molecular formula is C11H23NO2. The first kappa shape index (κ1) is 13.4. The predicted molar refractivity (Wildman–Crippen MR) is 57.9 cm³/mol. The summed E-state index contributed by atoms with van der Waals surface area (Å²) >= 11 is 0. The van der Waals surface area contributed by atoms with Gasteiger partial charge in [-0.05, 0) is 18.8 Å². The van der Waals surface area contributed by atoms with E-state index in [1.54, 1.807) is 0 Å². The zero-order valence-electron chi connectivity index (χ0n) is 9.58. The minimum absolute atomic E-state index is 0.255. The SMILES string of the molecule is CCCCCOC(=O)[C@H](N)CC(C)C. The van der Waals surface area contributed by atoms with E-state index < -0.39 is 6.04 Å². The van der Waals surface area contributed by atoms with Gasteiger partial charge in [-0.25, -0.2) is 0 Å². The first-order valence-electron chi connectivity index (χ1n) is 5.50. The second-order valence-corrected chi connectivity index (χ2v) is 4.11. The Morgan fingerprint density at radius 2 is 2.00 bits per heavy atom. The molecule has 84 valence electrons. The number of carbonyl (C=O) groups is 1. The number of esters is 1. The number of unbranched alkanes of at least 4 members (excludes halogenated alkanes) is 2. The highest BCUT2D eigenvalue weighted by Gasteiger charge is 2.15. The van der Waals surface area contributed by atoms with Crippen LogP contribution >= 0.6 is 0 Å². The number of rotatable bonds is 7. The van der Waals surface area contributed by atoms with Crippen LogP contribution in [0.4, 0.5) is 0 Å². The zero-order chi connectivity index (χ0) is 11.0. The van der Waals surface area contributed by atoms with Crippen LogP contribution in [0.5, 0.6) is 0 Å². The van der Waals surface area contributed by atoms with Crippen molar-refractivity contribution in [2.45, 2.75) is 52.5 Å². The average Bonchev–Trinajstić information content (AvgIpc) is 2.11. The summed E-state index contributed by atoms with van der Waals surface area (Å²) in [4.78, 5) is 11.3. The largest absolute Gasteiger partial charge is 0.465 e. The molecule has 0 aromatic rings. The molecule has 0 heterocycles. The third-order valence-corrected chi connectivity index (χ3v) is 2.02. The van der Waals surface area contributed by atoms with E-state index in [2.05, 4.69) is 6.92 Å². The first-order chi connectivity index (χ1) is 6.57. The molecule has 14 heavy (non-hydrogen) atoms. The lowest BCUT2D eigenvalue weighted by Gasteiger charge is -2.13. The Bertz CT molecular complexity index is 157. The summed E-state index contributed by atoms with van der Waals surface area (Å²) in [6.07, 6.45) is 3.88. The van der Waals surface area contributed by atoms with Gasteiger partial charge < -0.3 is 10.5 Å². The van der Waals surface area contributed by atoms with Crippen molar-refractivity contribution in [1.29, 1.82) is 0 Å². The van der Waals surface area contributed by atoms with Crippen LogP contribution in [-0.4, -0.2) is 18.6 Å². The van der Waals surface area contributed by atoms with Crippen LogP contribution in [-0.2, 0) is 9.53 Å². The number of nitrogens with two attached hydrogens (primary N) is 1. The maximum Gasteiger partial charge on any atom is 0.322 e. The molecule has 0 bridgehead atoms. The fraction of sp³-hybridized carbons (Fsp3) is 0.909. The van der Waals surface area contributed by atoms with Gasteiger partial charge in [-0.2, -0.15) is 0 Å². The maximum absolute atomic E-state index is 11.3. The molecule has 1 atom stereocenters. The lowest BCUT2D eigenvalue weighted by Crippen LogP contribution is -2.33. The summed E-state index contributed by atoms with van der Waals surface area (Å²) in [6.45, 7) is 6.72. The molecule has 3 heteroatoms. The van der Waals surface area contributed by atoms with Gasteiger partial charge in [0.1, 0.15) is 6.04 Å². The lowest BCUT2D eigenvalue weighted by molar-refractivity contribution is -0.145. The van der Waals surface area contributed by atoms with Crippen LogP contribution in [0.15, 0.2) is 0 Å². The highest BCUT2D eigenvalue weighted by Crippen LogP contribution is 2.04. The highest BCUT2D eigenvalue weighted by atomic mass is 16.5. The van der Waals surface area contributed by atoms with E-state index in [4.69, 9.17) is 10.5 Å². The maximum atomic E-state index is 11.3. The van der Waals surface area contributed by atoms with Gasteiger partial charge in [0, 0.05) is 0 Å². The molecular weight excluding hydrogens is 178 g/mol. The molecule has 0 amide bonds. The van der Waals surface area contributed by atoms with Crippen LogP contribution in [0.25, 0.3) is 0 Å². The topological polar surface area (TPSA) is 52.3 Å². The summed E-state index contributed by atoms with van der Waals surface area (Å²) in [5.41, 5.74) is 5.66. The fourth-order valence-corrected chi connectivity index (χ4v) is 1.24. The van der Waals surface area contributed by atoms with E-state index in [1.807, 2.05) is 13.8 Å². The van der Waals surface area contributed by atoms with Gasteiger partial charge >= 0.3 is 5.97 Å². The van der Waals surface area contributed by atoms with Gasteiger partial charge in [0.25, 0.3) is 0 Å². The molecule has 0 aromatic heterocycles. The molecule has 0 rings (SSSR count).